The molecule has 0 aliphatic heterocycles. The van der Waals surface area contributed by atoms with Crippen LogP contribution in [0.4, 0.5) is 10.5 Å². The lowest BCUT2D eigenvalue weighted by Crippen LogP contribution is -2.55. The molecule has 1 aromatic rings. The number of hydrogen-bond donors (Lipinski definition) is 5. The summed E-state index contributed by atoms with van der Waals surface area (Å²) in [5.41, 5.74) is 6.39. The van der Waals surface area contributed by atoms with Crippen LogP contribution in [0, 0.1) is 11.8 Å². The fraction of sp³-hybridized carbons (Fsp3) is 0.607. The van der Waals surface area contributed by atoms with Crippen molar-refractivity contribution in [3.8, 4) is 0 Å². The number of benzene rings is 1. The van der Waals surface area contributed by atoms with Crippen LogP contribution in [0.25, 0.3) is 0 Å². The normalized spacial score (nSPS) is 13.1. The number of ether oxygens (including phenoxy) is 1. The van der Waals surface area contributed by atoms with Crippen LogP contribution in [0.5, 0.6) is 0 Å². The molecule has 6 N–H and O–H groups in total. The number of urea groups is 1. The second kappa shape index (κ2) is 17.8. The average molecular weight is 548 g/mol. The first-order valence-corrected chi connectivity index (χ1v) is 13.7. The zero-order valence-electron chi connectivity index (χ0n) is 23.8. The van der Waals surface area contributed by atoms with Crippen LogP contribution in [-0.4, -0.2) is 48.4 Å². The Morgan fingerprint density at radius 1 is 0.872 bits per heavy atom. The van der Waals surface area contributed by atoms with Gasteiger partial charge in [-0.05, 0) is 49.3 Å². The van der Waals surface area contributed by atoms with E-state index in [0.717, 1.165) is 12.0 Å². The lowest BCUT2D eigenvalue weighted by Gasteiger charge is -2.26. The van der Waals surface area contributed by atoms with Crippen molar-refractivity contribution in [1.29, 1.82) is 0 Å². The van der Waals surface area contributed by atoms with Crippen LogP contribution in [0.2, 0.25) is 0 Å². The molecule has 5 amide bonds. The van der Waals surface area contributed by atoms with Crippen molar-refractivity contribution in [2.24, 2.45) is 17.6 Å². The predicted molar refractivity (Wildman–Crippen MR) is 149 cm³/mol. The van der Waals surface area contributed by atoms with E-state index in [1.165, 1.54) is 0 Å². The van der Waals surface area contributed by atoms with E-state index in [1.54, 1.807) is 24.3 Å². The van der Waals surface area contributed by atoms with E-state index in [4.69, 9.17) is 10.5 Å². The molecule has 0 spiro atoms. The van der Waals surface area contributed by atoms with E-state index in [1.807, 2.05) is 34.6 Å². The smallest absolute Gasteiger partial charge is 0.312 e. The molecule has 0 radical (unpaired) electrons. The molecule has 1 aromatic carbocycles. The van der Waals surface area contributed by atoms with Gasteiger partial charge in [-0.1, -0.05) is 53.2 Å². The highest BCUT2D eigenvalue weighted by Gasteiger charge is 2.29. The molecular formula is C28H45N5O6. The lowest BCUT2D eigenvalue weighted by atomic mass is 9.99. The van der Waals surface area contributed by atoms with Crippen molar-refractivity contribution in [2.45, 2.75) is 91.8 Å². The van der Waals surface area contributed by atoms with Gasteiger partial charge in [0.2, 0.25) is 17.7 Å². The van der Waals surface area contributed by atoms with E-state index in [2.05, 4.69) is 21.3 Å². The fourth-order valence-corrected chi connectivity index (χ4v) is 3.80. The van der Waals surface area contributed by atoms with Crippen LogP contribution < -0.4 is 27.0 Å². The Kier molecular flexibility index (Phi) is 15.2. The first-order valence-electron chi connectivity index (χ1n) is 13.7. The number of hydrogen-bond acceptors (Lipinski definition) is 6. The van der Waals surface area contributed by atoms with Crippen molar-refractivity contribution in [2.75, 3.05) is 11.9 Å². The lowest BCUT2D eigenvalue weighted by molar-refractivity contribution is -0.145. The van der Waals surface area contributed by atoms with Gasteiger partial charge in [-0.3, -0.25) is 19.2 Å². The number of primary amides is 1. The Labute approximate surface area is 231 Å². The van der Waals surface area contributed by atoms with Crippen LogP contribution in [-0.2, 0) is 30.5 Å². The van der Waals surface area contributed by atoms with Crippen LogP contribution >= 0.6 is 0 Å². The molecule has 39 heavy (non-hydrogen) atoms. The molecular weight excluding hydrogens is 502 g/mol. The summed E-state index contributed by atoms with van der Waals surface area (Å²) < 4.78 is 5.20. The quantitative estimate of drug-likeness (QED) is 0.148. The number of anilines is 1. The summed E-state index contributed by atoms with van der Waals surface area (Å²) in [6.07, 6.45) is 3.23. The van der Waals surface area contributed by atoms with Crippen LogP contribution in [0.15, 0.2) is 24.3 Å². The van der Waals surface area contributed by atoms with Gasteiger partial charge in [0.1, 0.15) is 18.7 Å². The van der Waals surface area contributed by atoms with Gasteiger partial charge in [0.15, 0.2) is 0 Å². The monoisotopic (exact) mass is 547 g/mol. The Hall–Kier alpha value is -3.63. The summed E-state index contributed by atoms with van der Waals surface area (Å²) in [4.78, 5) is 61.5. The highest BCUT2D eigenvalue weighted by atomic mass is 16.5. The van der Waals surface area contributed by atoms with Gasteiger partial charge in [-0.25, -0.2) is 4.79 Å². The van der Waals surface area contributed by atoms with Crippen LogP contribution in [0.1, 0.15) is 78.7 Å². The zero-order chi connectivity index (χ0) is 29.4. The van der Waals surface area contributed by atoms with E-state index >= 15 is 0 Å². The second-order valence-corrected chi connectivity index (χ2v) is 10.0. The highest BCUT2D eigenvalue weighted by Crippen LogP contribution is 2.13. The molecule has 2 unspecified atom stereocenters. The molecule has 0 heterocycles. The standard InChI is InChI=1S/C28H45N5O6/c1-6-9-19(5)25(35)33-24(18(3)4)27(37)32-22(11-8-16-30-28(29)38)26(36)31-21-14-12-20(13-15-21)17-39-23(34)10-7-2/h12-15,18-19,22,24H,6-11,16-17H2,1-5H3,(H,31,36)(H,32,37)(H,33,35)(H3,29,30,38)/t19?,22-,24?/m0/s1. The number of esters is 1. The minimum Gasteiger partial charge on any atom is -0.461 e. The third-order valence-electron chi connectivity index (χ3n) is 6.09. The van der Waals surface area contributed by atoms with E-state index in [9.17, 15) is 24.0 Å². The first kappa shape index (κ1) is 33.4. The average Bonchev–Trinajstić information content (AvgIpc) is 2.88. The zero-order valence-corrected chi connectivity index (χ0v) is 23.8. The minimum absolute atomic E-state index is 0.137. The summed E-state index contributed by atoms with van der Waals surface area (Å²) in [6, 6.07) is 4.42. The number of rotatable bonds is 17. The van der Waals surface area contributed by atoms with Crippen molar-refractivity contribution in [3.05, 3.63) is 29.8 Å². The van der Waals surface area contributed by atoms with Crippen molar-refractivity contribution in [1.82, 2.24) is 16.0 Å². The summed E-state index contributed by atoms with van der Waals surface area (Å²) in [7, 11) is 0. The third kappa shape index (κ3) is 13.1. The SMILES string of the molecule is CCCC(=O)OCc1ccc(NC(=O)[C@H](CCCNC(N)=O)NC(=O)C(NC(=O)C(C)CCC)C(C)C)cc1. The number of carbonyl (C=O) groups excluding carboxylic acids is 5. The van der Waals surface area contributed by atoms with Crippen molar-refractivity contribution < 1.29 is 28.7 Å². The second-order valence-electron chi connectivity index (χ2n) is 10.0. The molecule has 0 aliphatic carbocycles. The third-order valence-corrected chi connectivity index (χ3v) is 6.09. The van der Waals surface area contributed by atoms with Gasteiger partial charge in [0.05, 0.1) is 0 Å². The Bertz CT molecular complexity index is 950. The van der Waals surface area contributed by atoms with Gasteiger partial charge in [-0.15, -0.1) is 0 Å². The summed E-state index contributed by atoms with van der Waals surface area (Å²) in [5.74, 6) is -1.83. The molecule has 0 aromatic heterocycles. The van der Waals surface area contributed by atoms with Crippen LogP contribution in [0.3, 0.4) is 0 Å². The fourth-order valence-electron chi connectivity index (χ4n) is 3.80. The molecule has 0 fully saturated rings. The molecule has 0 bridgehead atoms. The van der Waals surface area contributed by atoms with Gasteiger partial charge in [0.25, 0.3) is 0 Å². The Morgan fingerprint density at radius 2 is 1.54 bits per heavy atom. The van der Waals surface area contributed by atoms with Gasteiger partial charge in [0, 0.05) is 24.6 Å². The number of carbonyl (C=O) groups is 5. The molecule has 0 saturated heterocycles. The molecule has 1 rings (SSSR count). The van der Waals surface area contributed by atoms with E-state index in [0.29, 0.717) is 31.4 Å². The molecule has 0 saturated carbocycles. The molecule has 11 nitrogen and oxygen atoms in total. The number of amides is 5. The first-order chi connectivity index (χ1) is 18.5. The summed E-state index contributed by atoms with van der Waals surface area (Å²) in [6.45, 7) is 9.72. The Balaban J connectivity index is 2.91. The maximum absolute atomic E-state index is 13.2. The van der Waals surface area contributed by atoms with Gasteiger partial charge >= 0.3 is 12.0 Å². The summed E-state index contributed by atoms with van der Waals surface area (Å²) >= 11 is 0. The summed E-state index contributed by atoms with van der Waals surface area (Å²) in [5, 5.41) is 10.9. The molecule has 11 heteroatoms. The molecule has 3 atom stereocenters. The van der Waals surface area contributed by atoms with E-state index in [-0.39, 0.29) is 43.3 Å². The van der Waals surface area contributed by atoms with Crippen molar-refractivity contribution in [3.63, 3.8) is 0 Å². The molecule has 218 valence electrons. The van der Waals surface area contributed by atoms with Crippen molar-refractivity contribution >= 4 is 35.4 Å². The topological polar surface area (TPSA) is 169 Å². The number of nitrogens with two attached hydrogens (primary N) is 1. The Morgan fingerprint density at radius 3 is 2.10 bits per heavy atom. The predicted octanol–water partition coefficient (Wildman–Crippen LogP) is 2.98. The van der Waals surface area contributed by atoms with Gasteiger partial charge < -0.3 is 31.7 Å². The highest BCUT2D eigenvalue weighted by molar-refractivity contribution is 5.98. The largest absolute Gasteiger partial charge is 0.461 e. The molecule has 0 aliphatic rings. The van der Waals surface area contributed by atoms with E-state index < -0.39 is 29.9 Å². The minimum atomic E-state index is -0.923. The maximum atomic E-state index is 13.2. The maximum Gasteiger partial charge on any atom is 0.312 e. The number of nitrogens with one attached hydrogen (secondary N) is 4. The van der Waals surface area contributed by atoms with Gasteiger partial charge in [-0.2, -0.15) is 0 Å².